The van der Waals surface area contributed by atoms with Crippen LogP contribution in [0.4, 0.5) is 0 Å². The summed E-state index contributed by atoms with van der Waals surface area (Å²) in [5.41, 5.74) is 5.61. The Kier molecular flexibility index (Phi) is 5.22. The highest BCUT2D eigenvalue weighted by atomic mass is 16.4. The van der Waals surface area contributed by atoms with E-state index in [0.717, 1.165) is 0 Å². The van der Waals surface area contributed by atoms with Gasteiger partial charge in [0.15, 0.2) is 0 Å². The highest BCUT2D eigenvalue weighted by molar-refractivity contribution is 5.85. The van der Waals surface area contributed by atoms with Crippen molar-refractivity contribution in [2.75, 3.05) is 0 Å². The van der Waals surface area contributed by atoms with Crippen LogP contribution in [0.3, 0.4) is 0 Å². The van der Waals surface area contributed by atoms with Crippen molar-refractivity contribution in [1.29, 1.82) is 0 Å². The highest BCUT2D eigenvalue weighted by Gasteiger charge is 2.37. The summed E-state index contributed by atoms with van der Waals surface area (Å²) in [6.07, 6.45) is -0.462. The summed E-state index contributed by atoms with van der Waals surface area (Å²) in [6, 6.07) is 6.38. The molecule has 108 valence electrons. The minimum atomic E-state index is -1.43. The summed E-state index contributed by atoms with van der Waals surface area (Å²) >= 11 is 0. The largest absolute Gasteiger partial charge is 0.481 e. The summed E-state index contributed by atoms with van der Waals surface area (Å²) in [7, 11) is 0. The van der Waals surface area contributed by atoms with Crippen molar-refractivity contribution in [3.63, 3.8) is 0 Å². The number of rotatable bonds is 7. The number of hydrogen-bond acceptors (Lipinski definition) is 4. The van der Waals surface area contributed by atoms with Gasteiger partial charge in [0.25, 0.3) is 0 Å². The van der Waals surface area contributed by atoms with Crippen molar-refractivity contribution in [2.45, 2.75) is 18.4 Å². The fourth-order valence-corrected chi connectivity index (χ4v) is 1.96. The molecule has 0 aliphatic carbocycles. The van der Waals surface area contributed by atoms with E-state index in [9.17, 15) is 24.6 Å². The molecule has 0 aromatic heterocycles. The zero-order chi connectivity index (χ0) is 15.3. The Balaban J connectivity index is 3.11. The van der Waals surface area contributed by atoms with Gasteiger partial charge in [0.1, 0.15) is 6.04 Å². The van der Waals surface area contributed by atoms with Gasteiger partial charge in [0.2, 0.25) is 0 Å². The van der Waals surface area contributed by atoms with Crippen LogP contribution in [-0.2, 0) is 14.4 Å². The first-order chi connectivity index (χ1) is 9.34. The van der Waals surface area contributed by atoms with Crippen LogP contribution in [0.5, 0.6) is 0 Å². The second-order valence-electron chi connectivity index (χ2n) is 4.35. The topological polar surface area (TPSA) is 138 Å². The SMILES string of the molecule is N[C@@H](CC(C(=O)O)C(C(=O)O)c1ccccc1)C(=O)O. The van der Waals surface area contributed by atoms with E-state index in [0.29, 0.717) is 5.56 Å². The molecule has 0 radical (unpaired) electrons. The van der Waals surface area contributed by atoms with Gasteiger partial charge in [0, 0.05) is 0 Å². The fraction of sp³-hybridized carbons (Fsp3) is 0.308. The summed E-state index contributed by atoms with van der Waals surface area (Å²) in [5, 5.41) is 27.2. The third kappa shape index (κ3) is 3.79. The van der Waals surface area contributed by atoms with E-state index in [1.807, 2.05) is 0 Å². The van der Waals surface area contributed by atoms with Crippen LogP contribution in [0, 0.1) is 5.92 Å². The van der Waals surface area contributed by atoms with Gasteiger partial charge >= 0.3 is 17.9 Å². The van der Waals surface area contributed by atoms with Crippen molar-refractivity contribution in [3.8, 4) is 0 Å². The van der Waals surface area contributed by atoms with Crippen molar-refractivity contribution in [2.24, 2.45) is 11.7 Å². The maximum absolute atomic E-state index is 11.3. The van der Waals surface area contributed by atoms with Crippen molar-refractivity contribution in [3.05, 3.63) is 35.9 Å². The molecule has 1 aromatic carbocycles. The molecule has 5 N–H and O–H groups in total. The number of benzene rings is 1. The average Bonchev–Trinajstić information content (AvgIpc) is 2.38. The van der Waals surface area contributed by atoms with E-state index in [1.165, 1.54) is 12.1 Å². The smallest absolute Gasteiger partial charge is 0.320 e. The van der Waals surface area contributed by atoms with Gasteiger partial charge in [-0.3, -0.25) is 14.4 Å². The summed E-state index contributed by atoms with van der Waals surface area (Å²) in [5.74, 6) is -6.85. The molecule has 0 aliphatic rings. The van der Waals surface area contributed by atoms with Gasteiger partial charge in [-0.2, -0.15) is 0 Å². The molecule has 1 aromatic rings. The second kappa shape index (κ2) is 6.67. The first-order valence-electron chi connectivity index (χ1n) is 5.83. The lowest BCUT2D eigenvalue weighted by Gasteiger charge is -2.22. The van der Waals surface area contributed by atoms with E-state index in [4.69, 9.17) is 10.8 Å². The Morgan fingerprint density at radius 3 is 1.90 bits per heavy atom. The van der Waals surface area contributed by atoms with Crippen LogP contribution in [0.15, 0.2) is 30.3 Å². The summed E-state index contributed by atoms with van der Waals surface area (Å²) in [4.78, 5) is 33.3. The lowest BCUT2D eigenvalue weighted by atomic mass is 9.82. The molecule has 0 aliphatic heterocycles. The van der Waals surface area contributed by atoms with Crippen molar-refractivity contribution < 1.29 is 29.7 Å². The first kappa shape index (κ1) is 15.6. The number of nitrogens with two attached hydrogens (primary N) is 1. The zero-order valence-corrected chi connectivity index (χ0v) is 10.5. The third-order valence-corrected chi connectivity index (χ3v) is 2.97. The average molecular weight is 281 g/mol. The molecular formula is C13H15NO6. The predicted octanol–water partition coefficient (Wildman–Crippen LogP) is 0.358. The molecule has 20 heavy (non-hydrogen) atoms. The van der Waals surface area contributed by atoms with Crippen LogP contribution in [0.1, 0.15) is 17.9 Å². The van der Waals surface area contributed by atoms with Gasteiger partial charge in [0.05, 0.1) is 11.8 Å². The molecule has 0 spiro atoms. The number of aliphatic carboxylic acids is 3. The lowest BCUT2D eigenvalue weighted by Crippen LogP contribution is -2.38. The van der Waals surface area contributed by atoms with Crippen molar-refractivity contribution >= 4 is 17.9 Å². The standard InChI is InChI=1S/C13H15NO6/c14-9(12(17)18)6-8(11(15)16)10(13(19)20)7-4-2-1-3-5-7/h1-5,8-10H,6,14H2,(H,15,16)(H,17,18)(H,19,20)/t8?,9-,10?/m0/s1. The monoisotopic (exact) mass is 281 g/mol. The van der Waals surface area contributed by atoms with Crippen LogP contribution < -0.4 is 5.73 Å². The summed E-state index contributed by atoms with van der Waals surface area (Å²) in [6.45, 7) is 0. The van der Waals surface area contributed by atoms with Crippen molar-refractivity contribution in [1.82, 2.24) is 0 Å². The molecule has 0 saturated heterocycles. The zero-order valence-electron chi connectivity index (χ0n) is 10.5. The minimum Gasteiger partial charge on any atom is -0.481 e. The molecule has 0 heterocycles. The van der Waals surface area contributed by atoms with E-state index in [1.54, 1.807) is 18.2 Å². The molecule has 7 nitrogen and oxygen atoms in total. The van der Waals surface area contributed by atoms with Gasteiger partial charge in [-0.15, -0.1) is 0 Å². The normalized spacial score (nSPS) is 15.1. The van der Waals surface area contributed by atoms with E-state index >= 15 is 0 Å². The van der Waals surface area contributed by atoms with Crippen LogP contribution >= 0.6 is 0 Å². The molecule has 3 atom stereocenters. The Morgan fingerprint density at radius 1 is 0.950 bits per heavy atom. The van der Waals surface area contributed by atoms with Gasteiger partial charge in [-0.05, 0) is 12.0 Å². The fourth-order valence-electron chi connectivity index (χ4n) is 1.96. The highest BCUT2D eigenvalue weighted by Crippen LogP contribution is 2.28. The molecule has 0 bridgehead atoms. The van der Waals surface area contributed by atoms with Gasteiger partial charge in [-0.25, -0.2) is 0 Å². The Morgan fingerprint density at radius 2 is 1.50 bits per heavy atom. The molecule has 0 fully saturated rings. The lowest BCUT2D eigenvalue weighted by molar-refractivity contribution is -0.151. The Labute approximate surface area is 114 Å². The molecule has 0 saturated carbocycles. The summed E-state index contributed by atoms with van der Waals surface area (Å²) < 4.78 is 0. The molecule has 2 unspecified atom stereocenters. The van der Waals surface area contributed by atoms with E-state index in [2.05, 4.69) is 0 Å². The molecule has 1 rings (SSSR count). The van der Waals surface area contributed by atoms with Gasteiger partial charge in [-0.1, -0.05) is 30.3 Å². The Hall–Kier alpha value is -2.41. The molecule has 0 amide bonds. The Bertz CT molecular complexity index is 501. The number of carboxylic acids is 3. The van der Waals surface area contributed by atoms with E-state index < -0.39 is 42.2 Å². The van der Waals surface area contributed by atoms with Crippen LogP contribution in [-0.4, -0.2) is 39.3 Å². The van der Waals surface area contributed by atoms with Crippen LogP contribution in [0.25, 0.3) is 0 Å². The molecular weight excluding hydrogens is 266 g/mol. The number of carboxylic acid groups (broad SMARTS) is 3. The minimum absolute atomic E-state index is 0.296. The third-order valence-electron chi connectivity index (χ3n) is 2.97. The number of hydrogen-bond donors (Lipinski definition) is 4. The number of carbonyl (C=O) groups is 3. The second-order valence-corrected chi connectivity index (χ2v) is 4.35. The molecule has 7 heteroatoms. The van der Waals surface area contributed by atoms with Gasteiger partial charge < -0.3 is 21.1 Å². The predicted molar refractivity (Wildman–Crippen MR) is 68.2 cm³/mol. The maximum atomic E-state index is 11.3. The first-order valence-corrected chi connectivity index (χ1v) is 5.83. The van der Waals surface area contributed by atoms with E-state index in [-0.39, 0.29) is 0 Å². The maximum Gasteiger partial charge on any atom is 0.320 e. The van der Waals surface area contributed by atoms with Crippen LogP contribution in [0.2, 0.25) is 0 Å². The quantitative estimate of drug-likeness (QED) is 0.566.